The molecule has 90 valence electrons. The summed E-state index contributed by atoms with van der Waals surface area (Å²) in [5.41, 5.74) is 0.815. The van der Waals surface area contributed by atoms with Crippen LogP contribution in [0.3, 0.4) is 0 Å². The molecule has 4 heteroatoms. The number of aliphatic hydroxyl groups excluding tert-OH is 2. The largest absolute Gasteiger partial charge is 0.508 e. The minimum absolute atomic E-state index is 0.0117. The average Bonchev–Trinajstić information content (AvgIpc) is 2.31. The number of rotatable bonds is 6. The zero-order chi connectivity index (χ0) is 12.0. The van der Waals surface area contributed by atoms with Crippen molar-refractivity contribution in [2.75, 3.05) is 13.2 Å². The van der Waals surface area contributed by atoms with E-state index in [0.717, 1.165) is 12.0 Å². The highest BCUT2D eigenvalue weighted by Gasteiger charge is 2.13. The van der Waals surface area contributed by atoms with Gasteiger partial charge < -0.3 is 20.6 Å². The predicted molar refractivity (Wildman–Crippen MR) is 62.2 cm³/mol. The van der Waals surface area contributed by atoms with Gasteiger partial charge in [-0.25, -0.2) is 0 Å². The molecule has 0 aliphatic rings. The molecule has 0 saturated heterocycles. The van der Waals surface area contributed by atoms with Gasteiger partial charge in [0.05, 0.1) is 12.7 Å². The highest BCUT2D eigenvalue weighted by Crippen LogP contribution is 2.25. The Labute approximate surface area is 95.6 Å². The number of aliphatic hydroxyl groups is 2. The molecule has 0 aromatic heterocycles. The zero-order valence-corrected chi connectivity index (χ0v) is 9.43. The third-order valence-corrected chi connectivity index (χ3v) is 2.53. The first-order chi connectivity index (χ1) is 7.69. The van der Waals surface area contributed by atoms with Gasteiger partial charge in [0.25, 0.3) is 0 Å². The monoisotopic (exact) mass is 225 g/mol. The van der Waals surface area contributed by atoms with Crippen LogP contribution in [0.1, 0.15) is 24.9 Å². The van der Waals surface area contributed by atoms with Crippen molar-refractivity contribution in [2.45, 2.75) is 25.5 Å². The Morgan fingerprint density at radius 1 is 1.31 bits per heavy atom. The highest BCUT2D eigenvalue weighted by atomic mass is 16.3. The van der Waals surface area contributed by atoms with Gasteiger partial charge in [-0.3, -0.25) is 0 Å². The molecule has 4 N–H and O–H groups in total. The molecule has 0 spiro atoms. The number of hydrogen-bond acceptors (Lipinski definition) is 4. The van der Waals surface area contributed by atoms with Crippen LogP contribution in [-0.2, 0) is 0 Å². The Kier molecular flexibility index (Phi) is 5.25. The normalized spacial score (nSPS) is 14.7. The number of phenols is 1. The molecule has 0 bridgehead atoms. The lowest BCUT2D eigenvalue weighted by molar-refractivity contribution is 0.0916. The van der Waals surface area contributed by atoms with Gasteiger partial charge >= 0.3 is 0 Å². The molecular formula is C12H19NO3. The fraction of sp³-hybridized carbons (Fsp3) is 0.500. The minimum atomic E-state index is -0.764. The summed E-state index contributed by atoms with van der Waals surface area (Å²) in [6, 6.07) is 7.11. The molecule has 0 saturated carbocycles. The lowest BCUT2D eigenvalue weighted by atomic mass is 10.0. The molecule has 0 aliphatic carbocycles. The maximum Gasteiger partial charge on any atom is 0.120 e. The predicted octanol–water partition coefficient (Wildman–Crippen LogP) is 0.786. The van der Waals surface area contributed by atoms with E-state index in [9.17, 15) is 10.2 Å². The smallest absolute Gasteiger partial charge is 0.120 e. The van der Waals surface area contributed by atoms with Crippen LogP contribution in [-0.4, -0.2) is 34.6 Å². The summed E-state index contributed by atoms with van der Waals surface area (Å²) in [5, 5.41) is 30.7. The molecule has 0 fully saturated rings. The Bertz CT molecular complexity index is 317. The Balaban J connectivity index is 2.64. The van der Waals surface area contributed by atoms with Crippen molar-refractivity contribution in [2.24, 2.45) is 0 Å². The molecule has 0 amide bonds. The lowest BCUT2D eigenvalue weighted by Crippen LogP contribution is -2.32. The molecule has 1 aromatic carbocycles. The fourth-order valence-electron chi connectivity index (χ4n) is 1.60. The summed E-state index contributed by atoms with van der Waals surface area (Å²) in [6.07, 6.45) is 0.0373. The second-order valence-corrected chi connectivity index (χ2v) is 3.76. The molecule has 2 atom stereocenters. The number of aromatic hydroxyl groups is 1. The molecule has 16 heavy (non-hydrogen) atoms. The van der Waals surface area contributed by atoms with Gasteiger partial charge in [0.15, 0.2) is 0 Å². The van der Waals surface area contributed by atoms with Gasteiger partial charge in [-0.15, -0.1) is 0 Å². The second kappa shape index (κ2) is 6.48. The van der Waals surface area contributed by atoms with Crippen LogP contribution in [0.15, 0.2) is 24.3 Å². The molecule has 0 radical (unpaired) electrons. The SMILES string of the molecule is CCC(NCC(O)CO)c1ccccc1O. The molecular weight excluding hydrogens is 206 g/mol. The molecule has 2 unspecified atom stereocenters. The molecule has 1 rings (SSSR count). The van der Waals surface area contributed by atoms with Gasteiger partial charge in [-0.1, -0.05) is 25.1 Å². The number of hydrogen-bond donors (Lipinski definition) is 4. The van der Waals surface area contributed by atoms with E-state index in [1.54, 1.807) is 12.1 Å². The first-order valence-electron chi connectivity index (χ1n) is 5.49. The number of benzene rings is 1. The van der Waals surface area contributed by atoms with E-state index >= 15 is 0 Å². The van der Waals surface area contributed by atoms with Crippen molar-refractivity contribution in [3.05, 3.63) is 29.8 Å². The number of para-hydroxylation sites is 1. The van der Waals surface area contributed by atoms with E-state index in [1.807, 2.05) is 19.1 Å². The van der Waals surface area contributed by atoms with Gasteiger partial charge in [-0.05, 0) is 12.5 Å². The molecule has 4 nitrogen and oxygen atoms in total. The van der Waals surface area contributed by atoms with Crippen LogP contribution in [0.4, 0.5) is 0 Å². The number of phenolic OH excluding ortho intramolecular Hbond substituents is 1. The maximum atomic E-state index is 9.68. The van der Waals surface area contributed by atoms with Crippen LogP contribution >= 0.6 is 0 Å². The summed E-state index contributed by atoms with van der Waals surface area (Å²) < 4.78 is 0. The third-order valence-electron chi connectivity index (χ3n) is 2.53. The topological polar surface area (TPSA) is 72.7 Å². The van der Waals surface area contributed by atoms with E-state index in [-0.39, 0.29) is 18.4 Å². The van der Waals surface area contributed by atoms with Crippen LogP contribution in [0.5, 0.6) is 5.75 Å². The molecule has 1 aromatic rings. The van der Waals surface area contributed by atoms with Gasteiger partial charge in [0, 0.05) is 18.2 Å². The van der Waals surface area contributed by atoms with Gasteiger partial charge in [-0.2, -0.15) is 0 Å². The first kappa shape index (κ1) is 13.0. The summed E-state index contributed by atoms with van der Waals surface area (Å²) in [6.45, 7) is 2.04. The third kappa shape index (κ3) is 3.48. The van der Waals surface area contributed by atoms with Gasteiger partial charge in [0.1, 0.15) is 5.75 Å². The summed E-state index contributed by atoms with van der Waals surface area (Å²) in [4.78, 5) is 0. The standard InChI is InChI=1S/C12H19NO3/c1-2-11(13-7-9(15)8-14)10-5-3-4-6-12(10)16/h3-6,9,11,13-16H,2,7-8H2,1H3. The number of nitrogens with one attached hydrogen (secondary N) is 1. The first-order valence-corrected chi connectivity index (χ1v) is 5.49. The van der Waals surface area contributed by atoms with Crippen molar-refractivity contribution in [1.82, 2.24) is 5.32 Å². The van der Waals surface area contributed by atoms with E-state index in [2.05, 4.69) is 5.32 Å². The van der Waals surface area contributed by atoms with Crippen LogP contribution in [0.2, 0.25) is 0 Å². The summed E-state index contributed by atoms with van der Waals surface area (Å²) in [5.74, 6) is 0.250. The Morgan fingerprint density at radius 3 is 2.56 bits per heavy atom. The zero-order valence-electron chi connectivity index (χ0n) is 9.43. The van der Waals surface area contributed by atoms with Crippen molar-refractivity contribution in [3.63, 3.8) is 0 Å². The second-order valence-electron chi connectivity index (χ2n) is 3.76. The average molecular weight is 225 g/mol. The lowest BCUT2D eigenvalue weighted by Gasteiger charge is -2.19. The maximum absolute atomic E-state index is 9.68. The van der Waals surface area contributed by atoms with Gasteiger partial charge in [0.2, 0.25) is 0 Å². The van der Waals surface area contributed by atoms with Crippen LogP contribution in [0, 0.1) is 0 Å². The van der Waals surface area contributed by atoms with E-state index in [1.165, 1.54) is 0 Å². The summed E-state index contributed by atoms with van der Waals surface area (Å²) in [7, 11) is 0. The van der Waals surface area contributed by atoms with Crippen molar-refractivity contribution >= 4 is 0 Å². The highest BCUT2D eigenvalue weighted by molar-refractivity contribution is 5.34. The van der Waals surface area contributed by atoms with Crippen molar-refractivity contribution in [3.8, 4) is 5.75 Å². The van der Waals surface area contributed by atoms with E-state index < -0.39 is 6.10 Å². The fourth-order valence-corrected chi connectivity index (χ4v) is 1.60. The van der Waals surface area contributed by atoms with E-state index in [4.69, 9.17) is 5.11 Å². The Morgan fingerprint density at radius 2 is 2.00 bits per heavy atom. The van der Waals surface area contributed by atoms with Crippen molar-refractivity contribution < 1.29 is 15.3 Å². The Hall–Kier alpha value is -1.10. The molecule has 0 aliphatic heterocycles. The van der Waals surface area contributed by atoms with Crippen LogP contribution < -0.4 is 5.32 Å². The summed E-state index contributed by atoms with van der Waals surface area (Å²) >= 11 is 0. The quantitative estimate of drug-likeness (QED) is 0.577. The van der Waals surface area contributed by atoms with Crippen molar-refractivity contribution in [1.29, 1.82) is 0 Å². The van der Waals surface area contributed by atoms with E-state index in [0.29, 0.717) is 6.54 Å². The minimum Gasteiger partial charge on any atom is -0.508 e. The molecule has 0 heterocycles. The van der Waals surface area contributed by atoms with Crippen LogP contribution in [0.25, 0.3) is 0 Å².